The van der Waals surface area contributed by atoms with Gasteiger partial charge in [0.15, 0.2) is 0 Å². The van der Waals surface area contributed by atoms with Gasteiger partial charge in [-0.3, -0.25) is 0 Å². The van der Waals surface area contributed by atoms with Gasteiger partial charge in [0.1, 0.15) is 0 Å². The van der Waals surface area contributed by atoms with Crippen molar-refractivity contribution < 1.29 is 18.3 Å². The average molecular weight is 391 g/mol. The van der Waals surface area contributed by atoms with Gasteiger partial charge in [0.25, 0.3) is 0 Å². The largest absolute Gasteiger partial charge is 0.478 e. The van der Waals surface area contributed by atoms with Crippen LogP contribution in [-0.4, -0.2) is 24.5 Å². The maximum absolute atomic E-state index is 12.2. The van der Waals surface area contributed by atoms with Crippen molar-refractivity contribution in [2.24, 2.45) is 0 Å². The van der Waals surface area contributed by atoms with Gasteiger partial charge in [0.05, 0.1) is 15.5 Å². The van der Waals surface area contributed by atoms with E-state index in [1.807, 2.05) is 6.92 Å². The number of benzene rings is 1. The maximum Gasteiger partial charge on any atom is 0.335 e. The number of aromatic carboxylic acids is 1. The number of hydrogen-bond donors (Lipinski definition) is 2. The van der Waals surface area contributed by atoms with Crippen molar-refractivity contribution in [2.75, 3.05) is 0 Å². The predicted molar refractivity (Wildman–Crippen MR) is 82.0 cm³/mol. The molecule has 21 heavy (non-hydrogen) atoms. The smallest absolute Gasteiger partial charge is 0.335 e. The van der Waals surface area contributed by atoms with Crippen LogP contribution in [0.2, 0.25) is 0 Å². The molecule has 0 aliphatic rings. The van der Waals surface area contributed by atoms with Crippen LogP contribution in [0, 0.1) is 6.92 Å². The molecule has 0 radical (unpaired) electrons. The average Bonchev–Trinajstić information content (AvgIpc) is 2.82. The molecule has 1 aromatic heterocycles. The molecule has 0 bridgehead atoms. The molecule has 9 heteroatoms. The number of hydrogen-bond acceptors (Lipinski definition) is 5. The maximum atomic E-state index is 12.2. The van der Waals surface area contributed by atoms with Crippen molar-refractivity contribution in [3.8, 4) is 0 Å². The number of carbonyl (C=O) groups is 1. The lowest BCUT2D eigenvalue weighted by Gasteiger charge is -2.08. The van der Waals surface area contributed by atoms with Gasteiger partial charge in [-0.1, -0.05) is 0 Å². The fourth-order valence-corrected chi connectivity index (χ4v) is 4.49. The zero-order valence-electron chi connectivity index (χ0n) is 10.8. The van der Waals surface area contributed by atoms with Gasteiger partial charge in [0.2, 0.25) is 10.0 Å². The summed E-state index contributed by atoms with van der Waals surface area (Å²) in [5.41, 5.74) is 0.0129. The fraction of sp³-hybridized carbons (Fsp3) is 0.167. The van der Waals surface area contributed by atoms with E-state index in [4.69, 9.17) is 5.11 Å². The molecular weight excluding hydrogens is 380 g/mol. The third-order valence-corrected chi connectivity index (χ3v) is 5.86. The highest BCUT2D eigenvalue weighted by Crippen LogP contribution is 2.23. The van der Waals surface area contributed by atoms with Gasteiger partial charge in [-0.05, 0) is 41.1 Å². The first kappa shape index (κ1) is 16.1. The van der Waals surface area contributed by atoms with Crippen molar-refractivity contribution in [3.05, 3.63) is 44.3 Å². The minimum absolute atomic E-state index is 0.00580. The lowest BCUT2D eigenvalue weighted by molar-refractivity contribution is 0.0696. The first-order chi connectivity index (χ1) is 9.79. The van der Waals surface area contributed by atoms with Crippen LogP contribution in [0.25, 0.3) is 0 Å². The predicted octanol–water partition coefficient (Wildman–Crippen LogP) is 2.39. The summed E-state index contributed by atoms with van der Waals surface area (Å²) in [5.74, 6) is -1.12. The third-order valence-electron chi connectivity index (χ3n) is 2.57. The first-order valence-electron chi connectivity index (χ1n) is 5.73. The van der Waals surface area contributed by atoms with Crippen LogP contribution in [0.1, 0.15) is 20.2 Å². The van der Waals surface area contributed by atoms with Crippen LogP contribution in [-0.2, 0) is 16.6 Å². The number of nitrogens with one attached hydrogen (secondary N) is 1. The van der Waals surface area contributed by atoms with E-state index in [2.05, 4.69) is 25.6 Å². The number of nitrogens with zero attached hydrogens (tertiary/aromatic N) is 1. The zero-order valence-corrected chi connectivity index (χ0v) is 14.0. The van der Waals surface area contributed by atoms with E-state index >= 15 is 0 Å². The molecule has 0 aliphatic carbocycles. The van der Waals surface area contributed by atoms with Gasteiger partial charge in [-0.25, -0.2) is 22.9 Å². The van der Waals surface area contributed by atoms with Gasteiger partial charge in [-0.2, -0.15) is 0 Å². The summed E-state index contributed by atoms with van der Waals surface area (Å²) in [6, 6.07) is 3.76. The standard InChI is InChI=1S/C12H11BrN2O4S2/c1-7-14-5-9(20-7)6-15-21(18,19)11-3-2-8(12(16)17)4-10(11)13/h2-5,15H,6H2,1H3,(H,16,17). The van der Waals surface area contributed by atoms with Crippen molar-refractivity contribution in [1.29, 1.82) is 0 Å². The van der Waals surface area contributed by atoms with E-state index in [-0.39, 0.29) is 21.5 Å². The van der Waals surface area contributed by atoms with E-state index in [0.717, 1.165) is 9.88 Å². The van der Waals surface area contributed by atoms with Crippen LogP contribution in [0.5, 0.6) is 0 Å². The van der Waals surface area contributed by atoms with Crippen molar-refractivity contribution in [2.45, 2.75) is 18.4 Å². The second-order valence-electron chi connectivity index (χ2n) is 4.12. The molecule has 2 aromatic rings. The highest BCUT2D eigenvalue weighted by molar-refractivity contribution is 9.10. The Kier molecular flexibility index (Phi) is 4.77. The Morgan fingerprint density at radius 1 is 1.48 bits per heavy atom. The van der Waals surface area contributed by atoms with Crippen molar-refractivity contribution in [1.82, 2.24) is 9.71 Å². The Labute approximate surface area is 134 Å². The minimum Gasteiger partial charge on any atom is -0.478 e. The second-order valence-corrected chi connectivity index (χ2v) is 8.03. The summed E-state index contributed by atoms with van der Waals surface area (Å²) in [4.78, 5) is 15.7. The summed E-state index contributed by atoms with van der Waals surface area (Å²) in [7, 11) is -3.73. The molecule has 2 N–H and O–H groups in total. The molecule has 1 heterocycles. The lowest BCUT2D eigenvalue weighted by Crippen LogP contribution is -2.23. The molecule has 0 aliphatic heterocycles. The SMILES string of the molecule is Cc1ncc(CNS(=O)(=O)c2ccc(C(=O)O)cc2Br)s1. The monoisotopic (exact) mass is 390 g/mol. The van der Waals surface area contributed by atoms with Crippen LogP contribution < -0.4 is 4.72 Å². The lowest BCUT2D eigenvalue weighted by atomic mass is 10.2. The molecule has 0 saturated carbocycles. The Balaban J connectivity index is 2.21. The molecule has 0 spiro atoms. The summed E-state index contributed by atoms with van der Waals surface area (Å²) < 4.78 is 27.1. The highest BCUT2D eigenvalue weighted by atomic mass is 79.9. The second kappa shape index (κ2) is 6.22. The topological polar surface area (TPSA) is 96.4 Å². The number of carboxylic acids is 1. The van der Waals surface area contributed by atoms with Crippen molar-refractivity contribution >= 4 is 43.3 Å². The van der Waals surface area contributed by atoms with Gasteiger partial charge < -0.3 is 5.11 Å². The molecule has 6 nitrogen and oxygen atoms in total. The van der Waals surface area contributed by atoms with Crippen LogP contribution >= 0.6 is 27.3 Å². The highest BCUT2D eigenvalue weighted by Gasteiger charge is 2.19. The summed E-state index contributed by atoms with van der Waals surface area (Å²) >= 11 is 4.50. The van der Waals surface area contributed by atoms with Crippen LogP contribution in [0.3, 0.4) is 0 Å². The van der Waals surface area contributed by atoms with Gasteiger partial charge in [-0.15, -0.1) is 11.3 Å². The van der Waals surface area contributed by atoms with E-state index < -0.39 is 16.0 Å². The fourth-order valence-electron chi connectivity index (χ4n) is 1.58. The van der Waals surface area contributed by atoms with Gasteiger partial charge >= 0.3 is 5.97 Å². The molecule has 0 atom stereocenters. The number of carboxylic acid groups (broad SMARTS) is 1. The Morgan fingerprint density at radius 2 is 2.19 bits per heavy atom. The quantitative estimate of drug-likeness (QED) is 0.816. The van der Waals surface area contributed by atoms with E-state index in [1.54, 1.807) is 6.20 Å². The van der Waals surface area contributed by atoms with Crippen LogP contribution in [0.15, 0.2) is 33.8 Å². The summed E-state index contributed by atoms with van der Waals surface area (Å²) in [6.45, 7) is 1.98. The van der Waals surface area contributed by atoms with Crippen LogP contribution in [0.4, 0.5) is 0 Å². The number of rotatable bonds is 5. The number of thiazole rings is 1. The third kappa shape index (κ3) is 3.88. The van der Waals surface area contributed by atoms with E-state index in [0.29, 0.717) is 0 Å². The summed E-state index contributed by atoms with van der Waals surface area (Å²) in [5, 5.41) is 9.72. The first-order valence-corrected chi connectivity index (χ1v) is 8.82. The normalized spacial score (nSPS) is 11.5. The number of aromatic nitrogens is 1. The number of sulfonamides is 1. The molecule has 0 unspecified atom stereocenters. The Morgan fingerprint density at radius 3 is 2.71 bits per heavy atom. The molecule has 1 aromatic carbocycles. The Bertz CT molecular complexity index is 786. The van der Waals surface area contributed by atoms with Crippen molar-refractivity contribution in [3.63, 3.8) is 0 Å². The molecule has 0 fully saturated rings. The number of aryl methyl sites for hydroxylation is 1. The Hall–Kier alpha value is -1.29. The molecule has 112 valence electrons. The van der Waals surface area contributed by atoms with E-state index in [9.17, 15) is 13.2 Å². The molecule has 2 rings (SSSR count). The number of halogens is 1. The van der Waals surface area contributed by atoms with Gasteiger partial charge in [0, 0.05) is 22.1 Å². The zero-order chi connectivity index (χ0) is 15.6. The minimum atomic E-state index is -3.73. The molecular formula is C12H11BrN2O4S2. The molecule has 0 saturated heterocycles. The van der Waals surface area contributed by atoms with E-state index in [1.165, 1.54) is 29.5 Å². The summed E-state index contributed by atoms with van der Waals surface area (Å²) in [6.07, 6.45) is 1.62. The molecule has 0 amide bonds.